The molecule has 0 aliphatic rings. The van der Waals surface area contributed by atoms with Crippen molar-refractivity contribution in [1.29, 1.82) is 0 Å². The van der Waals surface area contributed by atoms with Gasteiger partial charge in [0.05, 0.1) is 18.4 Å². The molecule has 0 saturated heterocycles. The first-order chi connectivity index (χ1) is 10.5. The number of carbonyl (C=O) groups is 1. The largest absolute Gasteiger partial charge is 0.354 e. The van der Waals surface area contributed by atoms with Crippen LogP contribution in [0.3, 0.4) is 0 Å². The molecule has 0 aromatic carbocycles. The third-order valence-corrected chi connectivity index (χ3v) is 3.66. The standard InChI is InChI=1S/C16H25N5O/c1-12(2)10-21-14(4)15(13(3)19-21)9-16(22)18-6-8-20-7-5-17-11-20/h5,7,11-12H,6,8-10H2,1-4H3,(H,18,22). The molecule has 2 aromatic heterocycles. The summed E-state index contributed by atoms with van der Waals surface area (Å²) in [4.78, 5) is 16.1. The summed E-state index contributed by atoms with van der Waals surface area (Å²) in [5.41, 5.74) is 3.08. The number of nitrogens with zero attached hydrogens (tertiary/aromatic N) is 4. The third-order valence-electron chi connectivity index (χ3n) is 3.66. The zero-order valence-corrected chi connectivity index (χ0v) is 13.8. The van der Waals surface area contributed by atoms with Gasteiger partial charge in [-0.25, -0.2) is 4.98 Å². The van der Waals surface area contributed by atoms with E-state index in [2.05, 4.69) is 29.2 Å². The molecule has 0 fully saturated rings. The molecule has 6 nitrogen and oxygen atoms in total. The van der Waals surface area contributed by atoms with Crippen molar-refractivity contribution in [3.05, 3.63) is 35.7 Å². The van der Waals surface area contributed by atoms with Crippen LogP contribution in [0, 0.1) is 19.8 Å². The summed E-state index contributed by atoms with van der Waals surface area (Å²) in [5.74, 6) is 0.574. The average molecular weight is 303 g/mol. The molecule has 0 radical (unpaired) electrons. The lowest BCUT2D eigenvalue weighted by Gasteiger charge is -2.08. The lowest BCUT2D eigenvalue weighted by Crippen LogP contribution is -2.28. The van der Waals surface area contributed by atoms with E-state index in [1.54, 1.807) is 12.5 Å². The highest BCUT2D eigenvalue weighted by molar-refractivity contribution is 5.79. The summed E-state index contributed by atoms with van der Waals surface area (Å²) >= 11 is 0. The SMILES string of the molecule is Cc1nn(CC(C)C)c(C)c1CC(=O)NCCn1ccnc1. The molecule has 0 spiro atoms. The number of nitrogens with one attached hydrogen (secondary N) is 1. The van der Waals surface area contributed by atoms with Gasteiger partial charge in [0.2, 0.25) is 5.91 Å². The Morgan fingerprint density at radius 1 is 1.36 bits per heavy atom. The molecule has 0 aliphatic carbocycles. The summed E-state index contributed by atoms with van der Waals surface area (Å²) in [5, 5.41) is 7.50. The van der Waals surface area contributed by atoms with Crippen molar-refractivity contribution in [2.75, 3.05) is 6.54 Å². The van der Waals surface area contributed by atoms with Gasteiger partial charge in [-0.05, 0) is 19.8 Å². The van der Waals surface area contributed by atoms with Crippen molar-refractivity contribution < 1.29 is 4.79 Å². The second-order valence-electron chi connectivity index (χ2n) is 6.05. The summed E-state index contributed by atoms with van der Waals surface area (Å²) < 4.78 is 3.95. The fourth-order valence-electron chi connectivity index (χ4n) is 2.48. The summed E-state index contributed by atoms with van der Waals surface area (Å²) in [6.07, 6.45) is 5.75. The van der Waals surface area contributed by atoms with Crippen LogP contribution in [0.25, 0.3) is 0 Å². The number of amides is 1. The molecule has 0 unspecified atom stereocenters. The molecule has 1 N–H and O–H groups in total. The van der Waals surface area contributed by atoms with Crippen LogP contribution in [-0.4, -0.2) is 31.8 Å². The van der Waals surface area contributed by atoms with Crippen molar-refractivity contribution in [1.82, 2.24) is 24.6 Å². The number of imidazole rings is 1. The molecule has 2 rings (SSSR count). The molecule has 0 aliphatic heterocycles. The Hall–Kier alpha value is -2.11. The molecule has 2 aromatic rings. The normalized spacial score (nSPS) is 11.1. The van der Waals surface area contributed by atoms with Crippen molar-refractivity contribution in [3.8, 4) is 0 Å². The highest BCUT2D eigenvalue weighted by Gasteiger charge is 2.15. The Labute approximate surface area is 131 Å². The number of hydrogen-bond donors (Lipinski definition) is 1. The van der Waals surface area contributed by atoms with Gasteiger partial charge in [0.1, 0.15) is 0 Å². The predicted octanol–water partition coefficient (Wildman–Crippen LogP) is 1.71. The number of carbonyl (C=O) groups excluding carboxylic acids is 1. The first kappa shape index (κ1) is 16.3. The van der Waals surface area contributed by atoms with Gasteiger partial charge in [-0.3, -0.25) is 9.48 Å². The maximum Gasteiger partial charge on any atom is 0.224 e. The van der Waals surface area contributed by atoms with Gasteiger partial charge in [0, 0.05) is 43.3 Å². The van der Waals surface area contributed by atoms with Crippen molar-refractivity contribution in [3.63, 3.8) is 0 Å². The van der Waals surface area contributed by atoms with Gasteiger partial charge in [-0.1, -0.05) is 13.8 Å². The molecule has 0 saturated carbocycles. The van der Waals surface area contributed by atoms with Crippen LogP contribution in [0.15, 0.2) is 18.7 Å². The van der Waals surface area contributed by atoms with Gasteiger partial charge >= 0.3 is 0 Å². The number of rotatable bonds is 7. The minimum Gasteiger partial charge on any atom is -0.354 e. The molecular formula is C16H25N5O. The zero-order valence-electron chi connectivity index (χ0n) is 13.8. The minimum atomic E-state index is 0.0374. The second-order valence-corrected chi connectivity index (χ2v) is 6.05. The Balaban J connectivity index is 1.89. The van der Waals surface area contributed by atoms with Gasteiger partial charge in [-0.2, -0.15) is 5.10 Å². The molecule has 0 bridgehead atoms. The predicted molar refractivity (Wildman–Crippen MR) is 85.5 cm³/mol. The Morgan fingerprint density at radius 2 is 2.14 bits per heavy atom. The van der Waals surface area contributed by atoms with Crippen molar-refractivity contribution >= 4 is 5.91 Å². The van der Waals surface area contributed by atoms with E-state index < -0.39 is 0 Å². The Morgan fingerprint density at radius 3 is 2.77 bits per heavy atom. The highest BCUT2D eigenvalue weighted by Crippen LogP contribution is 2.15. The van der Waals surface area contributed by atoms with Crippen molar-refractivity contribution in [2.24, 2.45) is 5.92 Å². The number of aryl methyl sites for hydroxylation is 1. The summed E-state index contributed by atoms with van der Waals surface area (Å²) in [6, 6.07) is 0. The maximum absolute atomic E-state index is 12.1. The van der Waals surface area contributed by atoms with Crippen molar-refractivity contribution in [2.45, 2.75) is 47.2 Å². The minimum absolute atomic E-state index is 0.0374. The molecular weight excluding hydrogens is 278 g/mol. The second kappa shape index (κ2) is 7.24. The first-order valence-corrected chi connectivity index (χ1v) is 7.72. The molecule has 6 heteroatoms. The molecule has 120 valence electrons. The first-order valence-electron chi connectivity index (χ1n) is 7.72. The topological polar surface area (TPSA) is 64.7 Å². The van der Waals surface area contributed by atoms with Gasteiger partial charge in [0.25, 0.3) is 0 Å². The van der Waals surface area contributed by atoms with Crippen LogP contribution >= 0.6 is 0 Å². The fourth-order valence-corrected chi connectivity index (χ4v) is 2.48. The average Bonchev–Trinajstić information content (AvgIpc) is 3.03. The molecule has 1 amide bonds. The Kier molecular flexibility index (Phi) is 5.35. The van der Waals surface area contributed by atoms with Crippen LogP contribution in [0.2, 0.25) is 0 Å². The molecule has 22 heavy (non-hydrogen) atoms. The van der Waals surface area contributed by atoms with Gasteiger partial charge in [-0.15, -0.1) is 0 Å². The maximum atomic E-state index is 12.1. The van der Waals surface area contributed by atoms with Crippen LogP contribution < -0.4 is 5.32 Å². The van der Waals surface area contributed by atoms with Gasteiger partial charge < -0.3 is 9.88 Å². The highest BCUT2D eigenvalue weighted by atomic mass is 16.1. The number of aromatic nitrogens is 4. The monoisotopic (exact) mass is 303 g/mol. The van der Waals surface area contributed by atoms with E-state index in [9.17, 15) is 4.79 Å². The van der Waals surface area contributed by atoms with E-state index >= 15 is 0 Å². The van der Waals surface area contributed by atoms with Crippen LogP contribution in [0.1, 0.15) is 30.8 Å². The lowest BCUT2D eigenvalue weighted by atomic mass is 10.1. The lowest BCUT2D eigenvalue weighted by molar-refractivity contribution is -0.120. The van der Waals surface area contributed by atoms with E-state index in [4.69, 9.17) is 0 Å². The van der Waals surface area contributed by atoms with Crippen LogP contribution in [0.5, 0.6) is 0 Å². The Bertz CT molecular complexity index is 613. The van der Waals surface area contributed by atoms with E-state index in [1.165, 1.54) is 0 Å². The third kappa shape index (κ3) is 4.19. The number of hydrogen-bond acceptors (Lipinski definition) is 3. The van der Waals surface area contributed by atoms with E-state index in [0.717, 1.165) is 30.0 Å². The smallest absolute Gasteiger partial charge is 0.224 e. The van der Waals surface area contributed by atoms with Crippen LogP contribution in [-0.2, 0) is 24.3 Å². The molecule has 2 heterocycles. The zero-order chi connectivity index (χ0) is 16.1. The van der Waals surface area contributed by atoms with E-state index in [1.807, 2.05) is 29.3 Å². The van der Waals surface area contributed by atoms with E-state index in [0.29, 0.717) is 18.9 Å². The summed E-state index contributed by atoms with van der Waals surface area (Å²) in [6.45, 7) is 10.6. The van der Waals surface area contributed by atoms with Gasteiger partial charge in [0.15, 0.2) is 0 Å². The van der Waals surface area contributed by atoms with Crippen LogP contribution in [0.4, 0.5) is 0 Å². The fraction of sp³-hybridized carbons (Fsp3) is 0.562. The summed E-state index contributed by atoms with van der Waals surface area (Å²) in [7, 11) is 0. The van der Waals surface area contributed by atoms with E-state index in [-0.39, 0.29) is 5.91 Å². The molecule has 0 atom stereocenters. The quantitative estimate of drug-likeness (QED) is 0.847.